The molecule has 188 valence electrons. The molecule has 1 aliphatic rings. The lowest BCUT2D eigenvalue weighted by atomic mass is 9.83. The zero-order valence-electron chi connectivity index (χ0n) is 20.9. The SMILES string of the molecule is CCOc1cc2c(c(F)c1OCC)C(=N)N(CC(=O)c1cc(C(=O)O)c(OC)c(C(C)(C)C)c1)C2. The number of benzene rings is 2. The van der Waals surface area contributed by atoms with Crippen molar-refractivity contribution < 1.29 is 33.3 Å². The quantitative estimate of drug-likeness (QED) is 0.497. The third kappa shape index (κ3) is 4.94. The normalized spacial score (nSPS) is 13.0. The average molecular weight is 487 g/mol. The summed E-state index contributed by atoms with van der Waals surface area (Å²) in [5.41, 5.74) is 0.747. The number of ketones is 1. The second-order valence-electron chi connectivity index (χ2n) is 9.21. The number of carboxylic acid groups (broad SMARTS) is 1. The number of carboxylic acids is 1. The molecule has 8 nitrogen and oxygen atoms in total. The molecule has 1 heterocycles. The van der Waals surface area contributed by atoms with Gasteiger partial charge in [0.25, 0.3) is 0 Å². The fraction of sp³-hybridized carbons (Fsp3) is 0.423. The van der Waals surface area contributed by atoms with Crippen molar-refractivity contribution in [3.63, 3.8) is 0 Å². The maximum Gasteiger partial charge on any atom is 0.339 e. The molecule has 3 rings (SSSR count). The lowest BCUT2D eigenvalue weighted by Crippen LogP contribution is -2.31. The molecule has 2 aromatic rings. The van der Waals surface area contributed by atoms with Gasteiger partial charge in [-0.15, -0.1) is 0 Å². The topological polar surface area (TPSA) is 109 Å². The van der Waals surface area contributed by atoms with Gasteiger partial charge in [0.1, 0.15) is 17.1 Å². The largest absolute Gasteiger partial charge is 0.496 e. The standard InChI is InChI=1S/C26H31FN2O6/c1-7-34-19-11-15-12-29(24(28)20(15)21(27)23(19)35-8-2)13-18(30)14-9-16(25(31)32)22(33-6)17(10-14)26(3,4)5/h9-11,28H,7-8,12-13H2,1-6H3,(H,31,32). The number of methoxy groups -OCH3 is 1. The zero-order valence-corrected chi connectivity index (χ0v) is 20.9. The van der Waals surface area contributed by atoms with Crippen LogP contribution in [-0.2, 0) is 12.0 Å². The Morgan fingerprint density at radius 2 is 1.77 bits per heavy atom. The minimum atomic E-state index is -1.21. The fourth-order valence-electron chi connectivity index (χ4n) is 4.15. The van der Waals surface area contributed by atoms with Crippen molar-refractivity contribution in [1.29, 1.82) is 5.41 Å². The van der Waals surface area contributed by atoms with E-state index >= 15 is 4.39 Å². The minimum absolute atomic E-state index is 0.0536. The molecule has 2 N–H and O–H groups in total. The number of nitrogens with zero attached hydrogens (tertiary/aromatic N) is 1. The van der Waals surface area contributed by atoms with Gasteiger partial charge in [-0.3, -0.25) is 10.2 Å². The Morgan fingerprint density at radius 3 is 2.31 bits per heavy atom. The molecule has 0 saturated carbocycles. The highest BCUT2D eigenvalue weighted by atomic mass is 19.1. The molecular weight excluding hydrogens is 455 g/mol. The van der Waals surface area contributed by atoms with Gasteiger partial charge in [-0.25, -0.2) is 9.18 Å². The Bertz CT molecular complexity index is 1190. The van der Waals surface area contributed by atoms with E-state index in [1.165, 1.54) is 18.1 Å². The van der Waals surface area contributed by atoms with Crippen LogP contribution >= 0.6 is 0 Å². The van der Waals surface area contributed by atoms with Crippen LogP contribution in [0.4, 0.5) is 4.39 Å². The van der Waals surface area contributed by atoms with E-state index in [9.17, 15) is 14.7 Å². The average Bonchev–Trinajstić information content (AvgIpc) is 3.09. The van der Waals surface area contributed by atoms with Gasteiger partial charge in [-0.05, 0) is 43.0 Å². The summed E-state index contributed by atoms with van der Waals surface area (Å²) >= 11 is 0. The molecule has 0 radical (unpaired) electrons. The van der Waals surface area contributed by atoms with Crippen molar-refractivity contribution in [2.75, 3.05) is 26.9 Å². The Morgan fingerprint density at radius 1 is 1.11 bits per heavy atom. The Kier molecular flexibility index (Phi) is 7.38. The van der Waals surface area contributed by atoms with Crippen molar-refractivity contribution in [3.8, 4) is 17.2 Å². The molecule has 1 aliphatic heterocycles. The molecule has 0 unspecified atom stereocenters. The van der Waals surface area contributed by atoms with E-state index in [-0.39, 0.29) is 59.5 Å². The summed E-state index contributed by atoms with van der Waals surface area (Å²) in [4.78, 5) is 26.6. The van der Waals surface area contributed by atoms with Crippen molar-refractivity contribution in [2.45, 2.75) is 46.6 Å². The first kappa shape index (κ1) is 26.0. The highest BCUT2D eigenvalue weighted by molar-refractivity contribution is 6.07. The number of carbonyl (C=O) groups is 2. The third-order valence-electron chi connectivity index (χ3n) is 5.76. The van der Waals surface area contributed by atoms with E-state index in [0.29, 0.717) is 17.7 Å². The number of carbonyl (C=O) groups excluding carboxylic acids is 1. The number of ether oxygens (including phenoxy) is 3. The van der Waals surface area contributed by atoms with Crippen molar-refractivity contribution in [1.82, 2.24) is 4.90 Å². The number of halogens is 1. The summed E-state index contributed by atoms with van der Waals surface area (Å²) in [6.07, 6.45) is 0. The predicted molar refractivity (Wildman–Crippen MR) is 129 cm³/mol. The van der Waals surface area contributed by atoms with Gasteiger partial charge in [0.15, 0.2) is 23.1 Å². The summed E-state index contributed by atoms with van der Waals surface area (Å²) in [6.45, 7) is 9.64. The highest BCUT2D eigenvalue weighted by Crippen LogP contribution is 2.39. The van der Waals surface area contributed by atoms with Crippen molar-refractivity contribution >= 4 is 17.6 Å². The zero-order chi connectivity index (χ0) is 26.1. The van der Waals surface area contributed by atoms with Gasteiger partial charge in [0.05, 0.1) is 32.4 Å². The predicted octanol–water partition coefficient (Wildman–Crippen LogP) is 4.65. The van der Waals surface area contributed by atoms with Crippen LogP contribution in [0.2, 0.25) is 0 Å². The van der Waals surface area contributed by atoms with Crippen LogP contribution in [0.5, 0.6) is 17.2 Å². The van der Waals surface area contributed by atoms with Gasteiger partial charge in [-0.2, -0.15) is 0 Å². The Hall–Kier alpha value is -3.62. The Balaban J connectivity index is 1.97. The van der Waals surface area contributed by atoms with E-state index < -0.39 is 23.0 Å². The summed E-state index contributed by atoms with van der Waals surface area (Å²) in [5.74, 6) is -2.04. The monoisotopic (exact) mass is 486 g/mol. The molecule has 0 aliphatic carbocycles. The maximum absolute atomic E-state index is 15.3. The molecule has 0 spiro atoms. The third-order valence-corrected chi connectivity index (χ3v) is 5.76. The van der Waals surface area contributed by atoms with Crippen LogP contribution in [0.3, 0.4) is 0 Å². The smallest absolute Gasteiger partial charge is 0.339 e. The number of Topliss-reactive ketones (excluding diaryl/α,β-unsaturated/α-hetero) is 1. The molecule has 0 saturated heterocycles. The summed E-state index contributed by atoms with van der Waals surface area (Å²) in [7, 11) is 1.39. The molecule has 0 amide bonds. The fourth-order valence-corrected chi connectivity index (χ4v) is 4.15. The van der Waals surface area contributed by atoms with E-state index in [1.807, 2.05) is 20.8 Å². The molecule has 0 bridgehead atoms. The number of fused-ring (bicyclic) bond motifs is 1. The number of amidine groups is 1. The molecular formula is C26H31FN2O6. The summed E-state index contributed by atoms with van der Waals surface area (Å²) < 4.78 is 31.6. The van der Waals surface area contributed by atoms with E-state index in [0.717, 1.165) is 0 Å². The lowest BCUT2D eigenvalue weighted by molar-refractivity contribution is 0.0693. The minimum Gasteiger partial charge on any atom is -0.496 e. The van der Waals surface area contributed by atoms with E-state index in [4.69, 9.17) is 19.6 Å². The number of nitrogens with one attached hydrogen (secondary N) is 1. The van der Waals surface area contributed by atoms with Gasteiger partial charge in [0, 0.05) is 17.7 Å². The van der Waals surface area contributed by atoms with Crippen molar-refractivity contribution in [3.05, 3.63) is 51.8 Å². The van der Waals surface area contributed by atoms with E-state index in [2.05, 4.69) is 0 Å². The summed E-state index contributed by atoms with van der Waals surface area (Å²) in [5, 5.41) is 18.2. The molecule has 0 fully saturated rings. The number of rotatable bonds is 9. The van der Waals surface area contributed by atoms with Crippen LogP contribution in [0.1, 0.15) is 72.0 Å². The van der Waals surface area contributed by atoms with Gasteiger partial charge in [-0.1, -0.05) is 20.8 Å². The molecule has 0 aromatic heterocycles. The first-order valence-corrected chi connectivity index (χ1v) is 11.4. The summed E-state index contributed by atoms with van der Waals surface area (Å²) in [6, 6.07) is 4.55. The highest BCUT2D eigenvalue weighted by Gasteiger charge is 2.34. The molecule has 9 heteroatoms. The number of aromatic carboxylic acids is 1. The number of hydrogen-bond acceptors (Lipinski definition) is 6. The van der Waals surface area contributed by atoms with Gasteiger partial charge in [0.2, 0.25) is 0 Å². The van der Waals surface area contributed by atoms with Gasteiger partial charge < -0.3 is 24.2 Å². The second-order valence-corrected chi connectivity index (χ2v) is 9.21. The first-order chi connectivity index (χ1) is 16.4. The van der Waals surface area contributed by atoms with Crippen LogP contribution in [-0.4, -0.2) is 54.5 Å². The maximum atomic E-state index is 15.3. The lowest BCUT2D eigenvalue weighted by Gasteiger charge is -2.24. The molecule has 2 aromatic carbocycles. The van der Waals surface area contributed by atoms with Crippen LogP contribution < -0.4 is 14.2 Å². The number of hydrogen-bond donors (Lipinski definition) is 2. The van der Waals surface area contributed by atoms with Crippen LogP contribution in [0.15, 0.2) is 18.2 Å². The van der Waals surface area contributed by atoms with E-state index in [1.54, 1.807) is 26.0 Å². The first-order valence-electron chi connectivity index (χ1n) is 11.4. The van der Waals surface area contributed by atoms with Crippen LogP contribution in [0.25, 0.3) is 0 Å². The van der Waals surface area contributed by atoms with Crippen molar-refractivity contribution in [2.24, 2.45) is 0 Å². The molecule has 35 heavy (non-hydrogen) atoms. The second kappa shape index (κ2) is 9.93. The van der Waals surface area contributed by atoms with Gasteiger partial charge >= 0.3 is 5.97 Å². The van der Waals surface area contributed by atoms with Crippen LogP contribution in [0, 0.1) is 11.2 Å². The Labute approximate surface area is 204 Å². The molecule has 0 atom stereocenters.